The van der Waals surface area contributed by atoms with Gasteiger partial charge in [-0.05, 0) is 49.7 Å². The quantitative estimate of drug-likeness (QED) is 0.600. The molecular formula is C24H20F3N5O4. The number of carboxylic acids is 1. The first kappa shape index (κ1) is 24.7. The molecule has 2 aliphatic rings. The highest BCUT2D eigenvalue weighted by Crippen LogP contribution is 2.42. The number of hydrogen-bond acceptors (Lipinski definition) is 8. The SMILES string of the molecule is CCOC(=O)C1=C(C)N(c2cccc(C(F)(F)F)c2)C2=NC(C(=O)O)NN2C1c1ccc(C#N)cc1. The van der Waals surface area contributed by atoms with Gasteiger partial charge in [-0.1, -0.05) is 18.2 Å². The molecule has 2 N–H and O–H groups in total. The van der Waals surface area contributed by atoms with E-state index in [0.717, 1.165) is 12.1 Å². The highest BCUT2D eigenvalue weighted by molar-refractivity contribution is 6.07. The molecule has 9 nitrogen and oxygen atoms in total. The van der Waals surface area contributed by atoms with Gasteiger partial charge in [-0.25, -0.2) is 14.6 Å². The first-order chi connectivity index (χ1) is 17.1. The van der Waals surface area contributed by atoms with Gasteiger partial charge in [0.2, 0.25) is 12.1 Å². The number of fused-ring (bicyclic) bond motifs is 1. The van der Waals surface area contributed by atoms with E-state index < -0.39 is 35.9 Å². The van der Waals surface area contributed by atoms with Crippen LogP contribution in [0.5, 0.6) is 0 Å². The maximum Gasteiger partial charge on any atom is 0.416 e. The van der Waals surface area contributed by atoms with Crippen LogP contribution in [-0.4, -0.2) is 40.8 Å². The molecule has 2 aliphatic heterocycles. The van der Waals surface area contributed by atoms with Gasteiger partial charge >= 0.3 is 18.1 Å². The molecule has 0 aliphatic carbocycles. The summed E-state index contributed by atoms with van der Waals surface area (Å²) >= 11 is 0. The van der Waals surface area contributed by atoms with Crippen LogP contribution in [0.2, 0.25) is 0 Å². The Morgan fingerprint density at radius 1 is 1.22 bits per heavy atom. The lowest BCUT2D eigenvalue weighted by molar-refractivity contribution is -0.140. The van der Waals surface area contributed by atoms with Crippen LogP contribution in [0.3, 0.4) is 0 Å². The summed E-state index contributed by atoms with van der Waals surface area (Å²) in [4.78, 5) is 30.5. The van der Waals surface area contributed by atoms with Crippen molar-refractivity contribution in [3.63, 3.8) is 0 Å². The zero-order chi connectivity index (χ0) is 26.2. The number of nitrogens with one attached hydrogen (secondary N) is 1. The third kappa shape index (κ3) is 4.36. The number of esters is 1. The van der Waals surface area contributed by atoms with Crippen molar-refractivity contribution in [1.82, 2.24) is 10.4 Å². The van der Waals surface area contributed by atoms with Gasteiger partial charge in [-0.2, -0.15) is 23.9 Å². The Morgan fingerprint density at radius 3 is 2.50 bits per heavy atom. The number of alkyl halides is 3. The average molecular weight is 499 g/mol. The summed E-state index contributed by atoms with van der Waals surface area (Å²) in [6, 6.07) is 11.7. The second kappa shape index (κ2) is 9.35. The summed E-state index contributed by atoms with van der Waals surface area (Å²) in [6.45, 7) is 3.17. The van der Waals surface area contributed by atoms with Crippen molar-refractivity contribution < 1.29 is 32.6 Å². The van der Waals surface area contributed by atoms with Gasteiger partial charge in [-0.3, -0.25) is 9.91 Å². The van der Waals surface area contributed by atoms with Crippen molar-refractivity contribution in [3.8, 4) is 6.07 Å². The number of aliphatic carboxylic acids is 1. The van der Waals surface area contributed by atoms with Crippen molar-refractivity contribution >= 4 is 23.6 Å². The van der Waals surface area contributed by atoms with E-state index >= 15 is 0 Å². The third-order valence-corrected chi connectivity index (χ3v) is 5.69. The summed E-state index contributed by atoms with van der Waals surface area (Å²) in [5.74, 6) is -2.07. The summed E-state index contributed by atoms with van der Waals surface area (Å²) < 4.78 is 45.6. The monoisotopic (exact) mass is 499 g/mol. The number of hydrazine groups is 1. The Morgan fingerprint density at radius 2 is 1.92 bits per heavy atom. The number of carboxylic acid groups (broad SMARTS) is 1. The molecule has 0 amide bonds. The molecule has 2 aromatic carbocycles. The normalized spacial score (nSPS) is 19.5. The Kier molecular flexibility index (Phi) is 6.43. The minimum atomic E-state index is -4.63. The fourth-order valence-corrected chi connectivity index (χ4v) is 4.11. The van der Waals surface area contributed by atoms with Crippen molar-refractivity contribution in [2.75, 3.05) is 11.5 Å². The molecule has 0 saturated heterocycles. The van der Waals surface area contributed by atoms with Crippen molar-refractivity contribution in [3.05, 3.63) is 76.5 Å². The molecule has 0 fully saturated rings. The first-order valence-electron chi connectivity index (χ1n) is 10.8. The number of aliphatic imine (C=N–C) groups is 1. The number of nitrogens with zero attached hydrogens (tertiary/aromatic N) is 4. The van der Waals surface area contributed by atoms with Crippen molar-refractivity contribution in [1.29, 1.82) is 5.26 Å². The lowest BCUT2D eigenvalue weighted by atomic mass is 9.93. The van der Waals surface area contributed by atoms with E-state index in [2.05, 4.69) is 10.4 Å². The smallest absolute Gasteiger partial charge is 0.416 e. The first-order valence-corrected chi connectivity index (χ1v) is 10.8. The van der Waals surface area contributed by atoms with Gasteiger partial charge in [0.25, 0.3) is 0 Å². The van der Waals surface area contributed by atoms with E-state index in [1.165, 1.54) is 41.1 Å². The molecule has 0 radical (unpaired) electrons. The molecule has 0 bridgehead atoms. The number of hydrogen-bond donors (Lipinski definition) is 2. The number of carbonyl (C=O) groups is 2. The number of anilines is 1. The maximum absolute atomic E-state index is 13.5. The lowest BCUT2D eigenvalue weighted by Crippen LogP contribution is -2.55. The highest BCUT2D eigenvalue weighted by Gasteiger charge is 2.47. The molecule has 12 heteroatoms. The number of rotatable bonds is 5. The van der Waals surface area contributed by atoms with Crippen LogP contribution < -0.4 is 10.3 Å². The Bertz CT molecular complexity index is 1310. The van der Waals surface area contributed by atoms with Crippen LogP contribution in [0, 0.1) is 11.3 Å². The molecule has 36 heavy (non-hydrogen) atoms. The number of halogens is 3. The Hall–Kier alpha value is -4.37. The molecule has 2 aromatic rings. The highest BCUT2D eigenvalue weighted by atomic mass is 19.4. The number of allylic oxidation sites excluding steroid dienone is 1. The van der Waals surface area contributed by atoms with E-state index in [1.807, 2.05) is 6.07 Å². The summed E-state index contributed by atoms with van der Waals surface area (Å²) in [5, 5.41) is 20.1. The Balaban J connectivity index is 1.96. The van der Waals surface area contributed by atoms with E-state index in [0.29, 0.717) is 11.1 Å². The summed E-state index contributed by atoms with van der Waals surface area (Å²) in [5.41, 5.74) is 2.98. The second-order valence-corrected chi connectivity index (χ2v) is 7.91. The van der Waals surface area contributed by atoms with Gasteiger partial charge in [0.15, 0.2) is 0 Å². The standard InChI is InChI=1S/C24H20F3N5O4/c1-3-36-22(35)18-13(2)31(17-6-4-5-16(11-17)24(25,26)27)23-29-20(21(33)34)30-32(23)19(18)15-9-7-14(12-28)8-10-15/h4-11,19-20,30H,3H2,1-2H3,(H,33,34). The molecular weight excluding hydrogens is 479 g/mol. The topological polar surface area (TPSA) is 118 Å². The molecule has 0 saturated carbocycles. The summed E-state index contributed by atoms with van der Waals surface area (Å²) in [6.07, 6.45) is -6.08. The van der Waals surface area contributed by atoms with Gasteiger partial charge in [0.1, 0.15) is 6.04 Å². The zero-order valence-corrected chi connectivity index (χ0v) is 19.1. The van der Waals surface area contributed by atoms with Crippen LogP contribution >= 0.6 is 0 Å². The minimum Gasteiger partial charge on any atom is -0.479 e. The zero-order valence-electron chi connectivity index (χ0n) is 19.1. The van der Waals surface area contributed by atoms with Crippen molar-refractivity contribution in [2.24, 2.45) is 4.99 Å². The van der Waals surface area contributed by atoms with E-state index in [9.17, 15) is 27.9 Å². The largest absolute Gasteiger partial charge is 0.479 e. The van der Waals surface area contributed by atoms with Crippen LogP contribution in [0.1, 0.15) is 36.6 Å². The molecule has 0 aromatic heterocycles. The van der Waals surface area contributed by atoms with Gasteiger partial charge < -0.3 is 9.84 Å². The molecule has 2 atom stereocenters. The van der Waals surface area contributed by atoms with Crippen LogP contribution in [0.4, 0.5) is 18.9 Å². The Labute approximate surface area is 203 Å². The summed E-state index contributed by atoms with van der Waals surface area (Å²) in [7, 11) is 0. The number of carbonyl (C=O) groups excluding carboxylic acids is 1. The minimum absolute atomic E-state index is 0.0124. The van der Waals surface area contributed by atoms with Crippen LogP contribution in [0.25, 0.3) is 0 Å². The van der Waals surface area contributed by atoms with Crippen LogP contribution in [0.15, 0.2) is 64.8 Å². The van der Waals surface area contributed by atoms with Gasteiger partial charge in [0, 0.05) is 11.4 Å². The third-order valence-electron chi connectivity index (χ3n) is 5.69. The second-order valence-electron chi connectivity index (χ2n) is 7.91. The molecule has 2 unspecified atom stereocenters. The maximum atomic E-state index is 13.5. The van der Waals surface area contributed by atoms with E-state index in [1.54, 1.807) is 19.1 Å². The predicted octanol–water partition coefficient (Wildman–Crippen LogP) is 3.56. The van der Waals surface area contributed by atoms with E-state index in [-0.39, 0.29) is 29.5 Å². The molecule has 0 spiro atoms. The molecule has 186 valence electrons. The average Bonchev–Trinajstić information content (AvgIpc) is 3.28. The van der Waals surface area contributed by atoms with Crippen LogP contribution in [-0.2, 0) is 20.5 Å². The number of benzene rings is 2. The number of nitriles is 1. The fraction of sp³-hybridized carbons (Fsp3) is 0.250. The fourth-order valence-electron chi connectivity index (χ4n) is 4.11. The van der Waals surface area contributed by atoms with Gasteiger partial charge in [-0.15, -0.1) is 0 Å². The van der Waals surface area contributed by atoms with E-state index in [4.69, 9.17) is 10.00 Å². The number of guanidine groups is 1. The molecule has 4 rings (SSSR count). The van der Waals surface area contributed by atoms with Gasteiger partial charge in [0.05, 0.1) is 29.4 Å². The molecule has 2 heterocycles. The number of ether oxygens (including phenoxy) is 1. The predicted molar refractivity (Wildman–Crippen MR) is 121 cm³/mol. The lowest BCUT2D eigenvalue weighted by Gasteiger charge is -2.42. The van der Waals surface area contributed by atoms with Crippen molar-refractivity contribution in [2.45, 2.75) is 32.2 Å².